The molecule has 0 aliphatic carbocycles. The predicted octanol–water partition coefficient (Wildman–Crippen LogP) is 3.21. The summed E-state index contributed by atoms with van der Waals surface area (Å²) in [6.07, 6.45) is 1.32. The molecule has 0 spiro atoms. The van der Waals surface area contributed by atoms with E-state index in [0.29, 0.717) is 17.3 Å². The molecule has 6 nitrogen and oxygen atoms in total. The highest BCUT2D eigenvalue weighted by molar-refractivity contribution is 8.01. The molecule has 136 valence electrons. The quantitative estimate of drug-likeness (QED) is 0.869. The van der Waals surface area contributed by atoms with Gasteiger partial charge < -0.3 is 15.0 Å². The lowest BCUT2D eigenvalue weighted by Crippen LogP contribution is -2.48. The van der Waals surface area contributed by atoms with Gasteiger partial charge in [-0.25, -0.2) is 4.98 Å². The van der Waals surface area contributed by atoms with E-state index < -0.39 is 6.04 Å². The molecule has 2 atom stereocenters. The molecule has 2 fully saturated rings. The number of nitrogens with zero attached hydrogens (tertiary/aromatic N) is 2. The van der Waals surface area contributed by atoms with Crippen LogP contribution in [-0.2, 0) is 9.59 Å². The molecule has 1 aromatic heterocycles. The van der Waals surface area contributed by atoms with Crippen molar-refractivity contribution in [2.45, 2.75) is 30.7 Å². The fourth-order valence-electron chi connectivity index (χ4n) is 3.43. The molecule has 0 radical (unpaired) electrons. The van der Waals surface area contributed by atoms with Crippen molar-refractivity contribution in [2.75, 3.05) is 18.2 Å². The number of hydrogen-bond donors (Lipinski definition) is 1. The molecule has 1 aromatic carbocycles. The van der Waals surface area contributed by atoms with Crippen LogP contribution in [0.4, 0.5) is 5.13 Å². The minimum atomic E-state index is -0.423. The molecule has 1 N–H and O–H groups in total. The van der Waals surface area contributed by atoms with Gasteiger partial charge in [0, 0.05) is 23.1 Å². The summed E-state index contributed by atoms with van der Waals surface area (Å²) in [6.45, 7) is 2.04. The summed E-state index contributed by atoms with van der Waals surface area (Å²) >= 11 is 3.07. The number of ether oxygens (including phenoxy) is 1. The van der Waals surface area contributed by atoms with Crippen LogP contribution in [0, 0.1) is 0 Å². The molecule has 0 bridgehead atoms. The third-order valence-corrected chi connectivity index (χ3v) is 7.13. The van der Waals surface area contributed by atoms with E-state index in [2.05, 4.69) is 10.3 Å². The summed E-state index contributed by atoms with van der Waals surface area (Å²) in [4.78, 5) is 30.9. The molecule has 3 heterocycles. The number of anilines is 1. The van der Waals surface area contributed by atoms with Gasteiger partial charge >= 0.3 is 0 Å². The topological polar surface area (TPSA) is 71.5 Å². The number of thioether (sulfide) groups is 1. The summed E-state index contributed by atoms with van der Waals surface area (Å²) in [7, 11) is 1.63. The highest BCUT2D eigenvalue weighted by Gasteiger charge is 2.52. The molecule has 2 amide bonds. The Labute approximate surface area is 159 Å². The highest BCUT2D eigenvalue weighted by atomic mass is 32.2. The minimum absolute atomic E-state index is 0.0655. The lowest BCUT2D eigenvalue weighted by Gasteiger charge is -2.29. The molecule has 4 rings (SSSR count). The number of hydrogen-bond acceptors (Lipinski definition) is 6. The number of thiazole rings is 1. The van der Waals surface area contributed by atoms with Gasteiger partial charge in [0.15, 0.2) is 5.13 Å². The number of rotatable bonds is 4. The number of aromatic nitrogens is 1. The van der Waals surface area contributed by atoms with Crippen molar-refractivity contribution in [1.29, 1.82) is 0 Å². The number of fused-ring (bicyclic) bond motifs is 1. The first-order chi connectivity index (χ1) is 12.5. The second-order valence-corrected chi connectivity index (χ2v) is 8.88. The summed E-state index contributed by atoms with van der Waals surface area (Å²) < 4.78 is 5.16. The number of amides is 2. The third kappa shape index (κ3) is 2.97. The van der Waals surface area contributed by atoms with Gasteiger partial charge in [0.05, 0.1) is 17.7 Å². The minimum Gasteiger partial charge on any atom is -0.497 e. The van der Waals surface area contributed by atoms with Gasteiger partial charge in [-0.15, -0.1) is 23.1 Å². The van der Waals surface area contributed by atoms with Crippen molar-refractivity contribution < 1.29 is 14.3 Å². The van der Waals surface area contributed by atoms with E-state index in [-0.39, 0.29) is 16.7 Å². The average Bonchev–Trinajstić information content (AvgIpc) is 3.31. The van der Waals surface area contributed by atoms with Crippen molar-refractivity contribution in [3.8, 4) is 17.0 Å². The zero-order valence-corrected chi connectivity index (χ0v) is 16.2. The smallest absolute Gasteiger partial charge is 0.249 e. The van der Waals surface area contributed by atoms with E-state index in [1.165, 1.54) is 11.3 Å². The normalized spacial score (nSPS) is 24.6. The lowest BCUT2D eigenvalue weighted by molar-refractivity contribution is -0.135. The SMILES string of the molecule is COc1ccc(-c2csc(NC(=O)[C@H]3CS[C@]4(C)CCC(=O)N34)n2)cc1. The Morgan fingerprint density at radius 1 is 1.38 bits per heavy atom. The number of methoxy groups -OCH3 is 1. The van der Waals surface area contributed by atoms with Crippen molar-refractivity contribution in [3.05, 3.63) is 29.6 Å². The molecule has 2 aliphatic rings. The zero-order chi connectivity index (χ0) is 18.3. The van der Waals surface area contributed by atoms with Gasteiger partial charge in [-0.05, 0) is 37.6 Å². The second kappa shape index (κ2) is 6.59. The monoisotopic (exact) mass is 389 g/mol. The molecule has 2 saturated heterocycles. The van der Waals surface area contributed by atoms with Crippen molar-refractivity contribution >= 4 is 40.0 Å². The molecular weight excluding hydrogens is 370 g/mol. The molecule has 0 unspecified atom stereocenters. The van der Waals surface area contributed by atoms with Crippen LogP contribution in [0.5, 0.6) is 5.75 Å². The van der Waals surface area contributed by atoms with Crippen LogP contribution < -0.4 is 10.1 Å². The number of carbonyl (C=O) groups is 2. The Morgan fingerprint density at radius 3 is 2.88 bits per heavy atom. The first-order valence-corrected chi connectivity index (χ1v) is 10.2. The van der Waals surface area contributed by atoms with Gasteiger partial charge in [0.25, 0.3) is 0 Å². The van der Waals surface area contributed by atoms with Gasteiger partial charge in [-0.3, -0.25) is 9.59 Å². The number of benzene rings is 1. The second-order valence-electron chi connectivity index (χ2n) is 6.52. The zero-order valence-electron chi connectivity index (χ0n) is 14.5. The van der Waals surface area contributed by atoms with Crippen LogP contribution in [0.15, 0.2) is 29.6 Å². The summed E-state index contributed by atoms with van der Waals surface area (Å²) in [5.74, 6) is 1.32. The Kier molecular flexibility index (Phi) is 4.40. The largest absolute Gasteiger partial charge is 0.497 e. The van der Waals surface area contributed by atoms with Crippen LogP contribution in [0.1, 0.15) is 19.8 Å². The van der Waals surface area contributed by atoms with E-state index >= 15 is 0 Å². The highest BCUT2D eigenvalue weighted by Crippen LogP contribution is 2.47. The maximum Gasteiger partial charge on any atom is 0.249 e. The summed E-state index contributed by atoms with van der Waals surface area (Å²) in [5.41, 5.74) is 1.76. The third-order valence-electron chi connectivity index (χ3n) is 4.87. The lowest BCUT2D eigenvalue weighted by atomic mass is 10.2. The van der Waals surface area contributed by atoms with E-state index in [1.54, 1.807) is 23.8 Å². The van der Waals surface area contributed by atoms with Crippen molar-refractivity contribution in [1.82, 2.24) is 9.88 Å². The predicted molar refractivity (Wildman–Crippen MR) is 103 cm³/mol. The molecular formula is C18H19N3O3S2. The van der Waals surface area contributed by atoms with E-state index in [1.807, 2.05) is 36.6 Å². The van der Waals surface area contributed by atoms with Crippen LogP contribution >= 0.6 is 23.1 Å². The maximum atomic E-state index is 12.7. The van der Waals surface area contributed by atoms with Crippen LogP contribution in [0.3, 0.4) is 0 Å². The molecule has 8 heteroatoms. The summed E-state index contributed by atoms with van der Waals surface area (Å²) in [5, 5.41) is 5.34. The van der Waals surface area contributed by atoms with Gasteiger partial charge in [0.2, 0.25) is 11.8 Å². The Hall–Kier alpha value is -2.06. The average molecular weight is 390 g/mol. The van der Waals surface area contributed by atoms with Crippen molar-refractivity contribution in [2.24, 2.45) is 0 Å². The fraction of sp³-hybridized carbons (Fsp3) is 0.389. The van der Waals surface area contributed by atoms with Crippen LogP contribution in [0.25, 0.3) is 11.3 Å². The first-order valence-electron chi connectivity index (χ1n) is 8.37. The Morgan fingerprint density at radius 2 is 2.15 bits per heavy atom. The maximum absolute atomic E-state index is 12.7. The summed E-state index contributed by atoms with van der Waals surface area (Å²) in [6, 6.07) is 7.20. The Bertz CT molecular complexity index is 852. The molecule has 26 heavy (non-hydrogen) atoms. The van der Waals surface area contributed by atoms with Crippen LogP contribution in [-0.4, -0.2) is 45.5 Å². The van der Waals surface area contributed by atoms with Gasteiger partial charge in [-0.2, -0.15) is 0 Å². The van der Waals surface area contributed by atoms with Crippen molar-refractivity contribution in [3.63, 3.8) is 0 Å². The molecule has 2 aliphatic heterocycles. The van der Waals surface area contributed by atoms with E-state index in [4.69, 9.17) is 4.74 Å². The molecule has 2 aromatic rings. The van der Waals surface area contributed by atoms with Gasteiger partial charge in [-0.1, -0.05) is 0 Å². The Balaban J connectivity index is 1.47. The van der Waals surface area contributed by atoms with Crippen LogP contribution in [0.2, 0.25) is 0 Å². The van der Waals surface area contributed by atoms with Gasteiger partial charge in [0.1, 0.15) is 11.8 Å². The first kappa shape index (κ1) is 17.4. The fourth-order valence-corrected chi connectivity index (χ4v) is 5.58. The number of nitrogens with one attached hydrogen (secondary N) is 1. The number of carbonyl (C=O) groups excluding carboxylic acids is 2. The standard InChI is InChI=1S/C18H19N3O3S2/c1-18-8-7-15(22)21(18)14(10-26-18)16(23)20-17-19-13(9-25-17)11-3-5-12(24-2)6-4-11/h3-6,9,14H,7-8,10H2,1-2H3,(H,19,20,23)/t14-,18-/m1/s1. The van der Waals surface area contributed by atoms with E-state index in [0.717, 1.165) is 23.4 Å². The van der Waals surface area contributed by atoms with E-state index in [9.17, 15) is 9.59 Å². The molecule has 0 saturated carbocycles.